The minimum atomic E-state index is -0.759. The van der Waals surface area contributed by atoms with E-state index in [2.05, 4.69) is 4.98 Å². The molecule has 0 aliphatic carbocycles. The first-order valence-electron chi connectivity index (χ1n) is 4.17. The fourth-order valence-corrected chi connectivity index (χ4v) is 1.34. The molecule has 0 saturated heterocycles. The van der Waals surface area contributed by atoms with Crippen molar-refractivity contribution in [1.82, 2.24) is 9.55 Å². The molecule has 0 bridgehead atoms. The topological polar surface area (TPSA) is 55.1 Å². The van der Waals surface area contributed by atoms with E-state index in [1.165, 1.54) is 0 Å². The number of aromatic nitrogens is 2. The van der Waals surface area contributed by atoms with E-state index in [0.29, 0.717) is 6.54 Å². The molecule has 4 heteroatoms. The zero-order chi connectivity index (χ0) is 9.90. The van der Waals surface area contributed by atoms with E-state index in [0.717, 1.165) is 0 Å². The Morgan fingerprint density at radius 1 is 1.62 bits per heavy atom. The van der Waals surface area contributed by atoms with Crippen molar-refractivity contribution in [3.63, 3.8) is 0 Å². The molecule has 0 unspecified atom stereocenters. The van der Waals surface area contributed by atoms with E-state index < -0.39 is 5.97 Å². The lowest BCUT2D eigenvalue weighted by atomic mass is 9.89. The smallest absolute Gasteiger partial charge is 0.303 e. The Bertz CT molecular complexity index is 278. The van der Waals surface area contributed by atoms with Gasteiger partial charge in [-0.1, -0.05) is 13.8 Å². The van der Waals surface area contributed by atoms with Crippen molar-refractivity contribution < 1.29 is 9.90 Å². The molecule has 1 heterocycles. The summed E-state index contributed by atoms with van der Waals surface area (Å²) in [6.07, 6.45) is 5.40. The lowest BCUT2D eigenvalue weighted by Gasteiger charge is -2.22. The maximum Gasteiger partial charge on any atom is 0.303 e. The minimum Gasteiger partial charge on any atom is -0.481 e. The first kappa shape index (κ1) is 9.77. The predicted molar refractivity (Wildman–Crippen MR) is 48.3 cm³/mol. The molecular formula is C9H14N2O2. The van der Waals surface area contributed by atoms with Gasteiger partial charge in [-0.15, -0.1) is 0 Å². The SMILES string of the molecule is CC(C)(CC(=O)O)Cn1ccnc1. The molecule has 0 spiro atoms. The molecule has 0 saturated carbocycles. The molecule has 0 aliphatic heterocycles. The summed E-state index contributed by atoms with van der Waals surface area (Å²) in [5.74, 6) is -0.759. The van der Waals surface area contributed by atoms with Gasteiger partial charge in [0.25, 0.3) is 0 Å². The van der Waals surface area contributed by atoms with Gasteiger partial charge in [0.1, 0.15) is 0 Å². The molecule has 13 heavy (non-hydrogen) atoms. The Morgan fingerprint density at radius 3 is 2.77 bits per heavy atom. The molecule has 0 radical (unpaired) electrons. The summed E-state index contributed by atoms with van der Waals surface area (Å²) in [5, 5.41) is 8.65. The summed E-state index contributed by atoms with van der Waals surface area (Å²) in [6, 6.07) is 0. The summed E-state index contributed by atoms with van der Waals surface area (Å²) < 4.78 is 1.89. The van der Waals surface area contributed by atoms with Crippen molar-refractivity contribution in [3.05, 3.63) is 18.7 Å². The fourth-order valence-electron chi connectivity index (χ4n) is 1.34. The zero-order valence-corrected chi connectivity index (χ0v) is 7.90. The van der Waals surface area contributed by atoms with E-state index in [1.807, 2.05) is 24.6 Å². The lowest BCUT2D eigenvalue weighted by Crippen LogP contribution is -2.22. The van der Waals surface area contributed by atoms with Gasteiger partial charge in [-0.3, -0.25) is 4.79 Å². The van der Waals surface area contributed by atoms with E-state index >= 15 is 0 Å². The number of carboxylic acids is 1. The summed E-state index contributed by atoms with van der Waals surface area (Å²) in [7, 11) is 0. The number of nitrogens with zero attached hydrogens (tertiary/aromatic N) is 2. The third-order valence-corrected chi connectivity index (χ3v) is 1.80. The number of carbonyl (C=O) groups is 1. The Labute approximate surface area is 77.2 Å². The second kappa shape index (κ2) is 3.60. The molecule has 1 rings (SSSR count). The first-order chi connectivity index (χ1) is 5.99. The molecule has 0 fully saturated rings. The van der Waals surface area contributed by atoms with Crippen LogP contribution in [0.2, 0.25) is 0 Å². The van der Waals surface area contributed by atoms with Gasteiger partial charge in [0.05, 0.1) is 12.7 Å². The highest BCUT2D eigenvalue weighted by molar-refractivity contribution is 5.67. The third kappa shape index (κ3) is 3.27. The first-order valence-corrected chi connectivity index (χ1v) is 4.17. The average Bonchev–Trinajstić information content (AvgIpc) is 2.34. The van der Waals surface area contributed by atoms with Crippen molar-refractivity contribution in [2.75, 3.05) is 0 Å². The number of aliphatic carboxylic acids is 1. The minimum absolute atomic E-state index is 0.172. The Balaban J connectivity index is 2.56. The monoisotopic (exact) mass is 182 g/mol. The molecule has 1 N–H and O–H groups in total. The molecule has 0 atom stereocenters. The molecule has 0 amide bonds. The predicted octanol–water partition coefficient (Wildman–Crippen LogP) is 1.38. The van der Waals surface area contributed by atoms with Crippen LogP contribution in [0.4, 0.5) is 0 Å². The van der Waals surface area contributed by atoms with Gasteiger partial charge < -0.3 is 9.67 Å². The van der Waals surface area contributed by atoms with Gasteiger partial charge in [0, 0.05) is 18.9 Å². The van der Waals surface area contributed by atoms with Gasteiger partial charge in [-0.05, 0) is 5.41 Å². The molecule has 0 aliphatic rings. The van der Waals surface area contributed by atoms with Gasteiger partial charge in [0.15, 0.2) is 0 Å². The fraction of sp³-hybridized carbons (Fsp3) is 0.556. The number of rotatable bonds is 4. The second-order valence-corrected chi connectivity index (χ2v) is 3.97. The van der Waals surface area contributed by atoms with Gasteiger partial charge in [-0.2, -0.15) is 0 Å². The van der Waals surface area contributed by atoms with Crippen LogP contribution in [-0.2, 0) is 11.3 Å². The Morgan fingerprint density at radius 2 is 2.31 bits per heavy atom. The van der Waals surface area contributed by atoms with Crippen molar-refractivity contribution in [1.29, 1.82) is 0 Å². The third-order valence-electron chi connectivity index (χ3n) is 1.80. The standard InChI is InChI=1S/C9H14N2O2/c1-9(2,5-8(12)13)6-11-4-3-10-7-11/h3-4,7H,5-6H2,1-2H3,(H,12,13). The highest BCUT2D eigenvalue weighted by Crippen LogP contribution is 2.22. The van der Waals surface area contributed by atoms with Crippen LogP contribution in [0.5, 0.6) is 0 Å². The van der Waals surface area contributed by atoms with Crippen molar-refractivity contribution in [3.8, 4) is 0 Å². The molecule has 4 nitrogen and oxygen atoms in total. The van der Waals surface area contributed by atoms with Crippen molar-refractivity contribution in [2.45, 2.75) is 26.8 Å². The van der Waals surface area contributed by atoms with Crippen molar-refractivity contribution in [2.24, 2.45) is 5.41 Å². The average molecular weight is 182 g/mol. The van der Waals surface area contributed by atoms with Crippen LogP contribution in [0, 0.1) is 5.41 Å². The molecule has 1 aromatic heterocycles. The summed E-state index contributed by atoms with van der Waals surface area (Å²) in [6.45, 7) is 4.54. The van der Waals surface area contributed by atoms with Crippen LogP contribution < -0.4 is 0 Å². The molecule has 72 valence electrons. The normalized spacial score (nSPS) is 11.5. The number of hydrogen-bond donors (Lipinski definition) is 1. The second-order valence-electron chi connectivity index (χ2n) is 3.97. The van der Waals surface area contributed by atoms with Crippen LogP contribution in [0.3, 0.4) is 0 Å². The van der Waals surface area contributed by atoms with Crippen LogP contribution in [0.15, 0.2) is 18.7 Å². The molecular weight excluding hydrogens is 168 g/mol. The van der Waals surface area contributed by atoms with E-state index in [9.17, 15) is 4.79 Å². The van der Waals surface area contributed by atoms with E-state index in [-0.39, 0.29) is 11.8 Å². The van der Waals surface area contributed by atoms with Gasteiger partial charge >= 0.3 is 5.97 Å². The van der Waals surface area contributed by atoms with Gasteiger partial charge in [0.2, 0.25) is 0 Å². The highest BCUT2D eigenvalue weighted by Gasteiger charge is 2.21. The quantitative estimate of drug-likeness (QED) is 0.765. The Kier molecular flexibility index (Phi) is 2.70. The summed E-state index contributed by atoms with van der Waals surface area (Å²) in [5.41, 5.74) is -0.230. The van der Waals surface area contributed by atoms with Crippen molar-refractivity contribution >= 4 is 5.97 Å². The maximum atomic E-state index is 10.5. The number of imidazole rings is 1. The van der Waals surface area contributed by atoms with Gasteiger partial charge in [-0.25, -0.2) is 4.98 Å². The summed E-state index contributed by atoms with van der Waals surface area (Å²) >= 11 is 0. The Hall–Kier alpha value is -1.32. The van der Waals surface area contributed by atoms with E-state index in [1.54, 1.807) is 12.5 Å². The number of hydrogen-bond acceptors (Lipinski definition) is 2. The zero-order valence-electron chi connectivity index (χ0n) is 7.90. The van der Waals surface area contributed by atoms with Crippen LogP contribution in [-0.4, -0.2) is 20.6 Å². The van der Waals surface area contributed by atoms with Crippen LogP contribution >= 0.6 is 0 Å². The summed E-state index contributed by atoms with van der Waals surface area (Å²) in [4.78, 5) is 14.4. The lowest BCUT2D eigenvalue weighted by molar-refractivity contribution is -0.139. The van der Waals surface area contributed by atoms with Crippen LogP contribution in [0.1, 0.15) is 20.3 Å². The molecule has 1 aromatic rings. The largest absolute Gasteiger partial charge is 0.481 e. The maximum absolute atomic E-state index is 10.5. The van der Waals surface area contributed by atoms with E-state index in [4.69, 9.17) is 5.11 Å². The van der Waals surface area contributed by atoms with Crippen LogP contribution in [0.25, 0.3) is 0 Å². The molecule has 0 aromatic carbocycles. The number of carboxylic acid groups (broad SMARTS) is 1. The highest BCUT2D eigenvalue weighted by atomic mass is 16.4.